The average Bonchev–Trinajstić information content (AvgIpc) is 3.39. The summed E-state index contributed by atoms with van der Waals surface area (Å²) >= 11 is 0. The molecule has 0 aliphatic rings. The smallest absolute Gasteiger partial charge is 0.251 e. The lowest BCUT2D eigenvalue weighted by Crippen LogP contribution is -2.25. The molecule has 0 saturated heterocycles. The molecule has 2 aromatic carbocycles. The average molecular weight is 594 g/mol. The summed E-state index contributed by atoms with van der Waals surface area (Å²) in [7, 11) is 4.63. The van der Waals surface area contributed by atoms with Crippen LogP contribution in [0.3, 0.4) is 0 Å². The number of amides is 1. The van der Waals surface area contributed by atoms with Gasteiger partial charge < -0.3 is 24.1 Å². The van der Waals surface area contributed by atoms with Gasteiger partial charge in [0.2, 0.25) is 5.75 Å². The van der Waals surface area contributed by atoms with E-state index in [4.69, 9.17) is 19.2 Å². The molecule has 0 bridgehead atoms. The molecule has 0 radical (unpaired) electrons. The van der Waals surface area contributed by atoms with E-state index in [2.05, 4.69) is 22.9 Å². The Labute approximate surface area is 259 Å². The lowest BCUT2D eigenvalue weighted by molar-refractivity contribution is 0.0948. The van der Waals surface area contributed by atoms with Crippen molar-refractivity contribution in [2.75, 3.05) is 21.3 Å². The maximum absolute atomic E-state index is 13.1. The molecule has 1 amide bonds. The first kappa shape index (κ1) is 34.3. The van der Waals surface area contributed by atoms with Crippen molar-refractivity contribution in [1.82, 2.24) is 14.9 Å². The van der Waals surface area contributed by atoms with Crippen molar-refractivity contribution in [2.24, 2.45) is 0 Å². The van der Waals surface area contributed by atoms with E-state index in [-0.39, 0.29) is 5.91 Å². The third kappa shape index (κ3) is 11.1. The predicted octanol–water partition coefficient (Wildman–Crippen LogP) is 9.25. The van der Waals surface area contributed by atoms with Crippen LogP contribution in [-0.4, -0.2) is 36.8 Å². The summed E-state index contributed by atoms with van der Waals surface area (Å²) in [6.07, 6.45) is 21.7. The van der Waals surface area contributed by atoms with Crippen LogP contribution in [-0.2, 0) is 13.1 Å². The Kier molecular flexibility index (Phi) is 15.8. The number of methoxy groups -OCH3 is 3. The first-order valence-electron chi connectivity index (χ1n) is 16.6. The second kappa shape index (κ2) is 19.9. The first-order chi connectivity index (χ1) is 21.1. The number of nitrogens with zero attached hydrogens (tertiary/aromatic N) is 2. The van der Waals surface area contributed by atoms with Gasteiger partial charge in [0, 0.05) is 12.1 Å². The zero-order valence-corrected chi connectivity index (χ0v) is 27.2. The molecule has 0 fully saturated rings. The summed E-state index contributed by atoms with van der Waals surface area (Å²) in [6.45, 7) is 3.52. The fourth-order valence-electron chi connectivity index (χ4n) is 5.80. The molecule has 238 valence electrons. The van der Waals surface area contributed by atoms with Gasteiger partial charge in [0.15, 0.2) is 11.5 Å². The summed E-state index contributed by atoms with van der Waals surface area (Å²) in [6, 6.07) is 11.5. The highest BCUT2D eigenvalue weighted by molar-refractivity contribution is 5.95. The first-order valence-corrected chi connectivity index (χ1v) is 16.6. The molecule has 1 N–H and O–H groups in total. The number of hydrogen-bond acceptors (Lipinski definition) is 5. The topological polar surface area (TPSA) is 74.6 Å². The van der Waals surface area contributed by atoms with Gasteiger partial charge in [-0.25, -0.2) is 4.98 Å². The molecule has 43 heavy (non-hydrogen) atoms. The SMILES string of the molecule is CCCCCCCCCCCCCCCCCCn1c(CNC(=O)c2cc(OC)c(OC)c(OC)c2)nc2ccccc21. The van der Waals surface area contributed by atoms with Gasteiger partial charge in [-0.15, -0.1) is 0 Å². The van der Waals surface area contributed by atoms with Crippen LogP contribution in [0.2, 0.25) is 0 Å². The van der Waals surface area contributed by atoms with Crippen LogP contribution in [0.4, 0.5) is 0 Å². The Hall–Kier alpha value is -3.22. The highest BCUT2D eigenvalue weighted by Gasteiger charge is 2.18. The summed E-state index contributed by atoms with van der Waals surface area (Å²) in [5.41, 5.74) is 2.51. The zero-order chi connectivity index (χ0) is 30.7. The van der Waals surface area contributed by atoms with E-state index in [0.717, 1.165) is 29.8 Å². The monoisotopic (exact) mass is 593 g/mol. The molecule has 0 aliphatic heterocycles. The van der Waals surface area contributed by atoms with Crippen LogP contribution in [0.5, 0.6) is 17.2 Å². The maximum Gasteiger partial charge on any atom is 0.251 e. The van der Waals surface area contributed by atoms with Gasteiger partial charge in [0.25, 0.3) is 5.91 Å². The lowest BCUT2D eigenvalue weighted by atomic mass is 10.0. The van der Waals surface area contributed by atoms with E-state index in [0.29, 0.717) is 29.4 Å². The summed E-state index contributed by atoms with van der Waals surface area (Å²) in [4.78, 5) is 17.9. The van der Waals surface area contributed by atoms with Gasteiger partial charge >= 0.3 is 0 Å². The van der Waals surface area contributed by atoms with E-state index in [1.54, 1.807) is 33.5 Å². The van der Waals surface area contributed by atoms with E-state index in [9.17, 15) is 4.79 Å². The number of para-hydroxylation sites is 2. The number of imidazole rings is 1. The predicted molar refractivity (Wildman–Crippen MR) is 177 cm³/mol. The maximum atomic E-state index is 13.1. The Morgan fingerprint density at radius 3 is 1.74 bits per heavy atom. The number of hydrogen-bond donors (Lipinski definition) is 1. The number of benzene rings is 2. The minimum absolute atomic E-state index is 0.222. The van der Waals surface area contributed by atoms with Crippen LogP contribution in [0, 0.1) is 0 Å². The normalized spacial score (nSPS) is 11.2. The second-order valence-electron chi connectivity index (χ2n) is 11.6. The van der Waals surface area contributed by atoms with Crippen LogP contribution in [0.25, 0.3) is 11.0 Å². The van der Waals surface area contributed by atoms with Crippen molar-refractivity contribution < 1.29 is 19.0 Å². The number of fused-ring (bicyclic) bond motifs is 1. The quantitative estimate of drug-likeness (QED) is 0.111. The van der Waals surface area contributed by atoms with Crippen LogP contribution in [0.1, 0.15) is 126 Å². The van der Waals surface area contributed by atoms with Crippen molar-refractivity contribution >= 4 is 16.9 Å². The van der Waals surface area contributed by atoms with E-state index < -0.39 is 0 Å². The highest BCUT2D eigenvalue weighted by atomic mass is 16.5. The van der Waals surface area contributed by atoms with Gasteiger partial charge in [-0.3, -0.25) is 4.79 Å². The number of ether oxygens (including phenoxy) is 3. The molecule has 7 nitrogen and oxygen atoms in total. The number of aromatic nitrogens is 2. The molecular formula is C36H55N3O4. The molecule has 3 rings (SSSR count). The fraction of sp³-hybridized carbons (Fsp3) is 0.611. The Morgan fingerprint density at radius 1 is 0.721 bits per heavy atom. The number of carbonyl (C=O) groups excluding carboxylic acids is 1. The van der Waals surface area contributed by atoms with Crippen LogP contribution < -0.4 is 19.5 Å². The molecular weight excluding hydrogens is 538 g/mol. The van der Waals surface area contributed by atoms with Gasteiger partial charge in [-0.05, 0) is 30.7 Å². The van der Waals surface area contributed by atoms with Gasteiger partial charge in [0.05, 0.1) is 38.9 Å². The van der Waals surface area contributed by atoms with E-state index >= 15 is 0 Å². The van der Waals surface area contributed by atoms with Gasteiger partial charge in [-0.2, -0.15) is 0 Å². The van der Waals surface area contributed by atoms with Crippen molar-refractivity contribution in [3.05, 3.63) is 47.8 Å². The summed E-state index contributed by atoms with van der Waals surface area (Å²) < 4.78 is 18.5. The van der Waals surface area contributed by atoms with Crippen molar-refractivity contribution in [1.29, 1.82) is 0 Å². The number of aryl methyl sites for hydroxylation is 1. The van der Waals surface area contributed by atoms with Gasteiger partial charge in [-0.1, -0.05) is 115 Å². The van der Waals surface area contributed by atoms with E-state index in [1.165, 1.54) is 96.3 Å². The number of unbranched alkanes of at least 4 members (excludes halogenated alkanes) is 15. The summed E-state index contributed by atoms with van der Waals surface area (Å²) in [5, 5.41) is 3.04. The summed E-state index contributed by atoms with van der Waals surface area (Å²) in [5.74, 6) is 2.00. The molecule has 0 aliphatic carbocycles. The standard InChI is InChI=1S/C36H55N3O4/c1-5-6-7-8-9-10-11-12-13-14-15-16-17-18-19-22-25-39-31-24-21-20-23-30(31)38-34(39)28-37-36(40)29-26-32(41-2)35(43-4)33(27-29)42-3/h20-21,23-24,26-27H,5-19,22,25,28H2,1-4H3,(H,37,40). The molecule has 1 heterocycles. The number of rotatable bonds is 23. The van der Waals surface area contributed by atoms with Crippen molar-refractivity contribution in [3.8, 4) is 17.2 Å². The van der Waals surface area contributed by atoms with Gasteiger partial charge in [0.1, 0.15) is 5.82 Å². The minimum Gasteiger partial charge on any atom is -0.493 e. The fourth-order valence-corrected chi connectivity index (χ4v) is 5.80. The lowest BCUT2D eigenvalue weighted by Gasteiger charge is -2.14. The van der Waals surface area contributed by atoms with Crippen molar-refractivity contribution in [2.45, 2.75) is 123 Å². The molecule has 0 unspecified atom stereocenters. The third-order valence-corrected chi connectivity index (χ3v) is 8.30. The van der Waals surface area contributed by atoms with E-state index in [1.807, 2.05) is 18.2 Å². The number of carbonyl (C=O) groups is 1. The Morgan fingerprint density at radius 2 is 1.23 bits per heavy atom. The van der Waals surface area contributed by atoms with Crippen LogP contribution in [0.15, 0.2) is 36.4 Å². The molecule has 7 heteroatoms. The molecule has 0 atom stereocenters. The zero-order valence-electron chi connectivity index (χ0n) is 27.2. The third-order valence-electron chi connectivity index (χ3n) is 8.30. The molecule has 0 spiro atoms. The van der Waals surface area contributed by atoms with Crippen LogP contribution >= 0.6 is 0 Å². The molecule has 3 aromatic rings. The van der Waals surface area contributed by atoms with Crippen molar-refractivity contribution in [3.63, 3.8) is 0 Å². The largest absolute Gasteiger partial charge is 0.493 e. The minimum atomic E-state index is -0.222. The Bertz CT molecular complexity index is 1200. The molecule has 1 aromatic heterocycles. The second-order valence-corrected chi connectivity index (χ2v) is 11.6. The Balaban J connectivity index is 1.40. The molecule has 0 saturated carbocycles. The number of nitrogens with one attached hydrogen (secondary N) is 1. The highest BCUT2D eigenvalue weighted by Crippen LogP contribution is 2.38.